The van der Waals surface area contributed by atoms with Crippen molar-refractivity contribution in [1.82, 2.24) is 15.1 Å². The Morgan fingerprint density at radius 3 is 2.17 bits per heavy atom. The van der Waals surface area contributed by atoms with Gasteiger partial charge in [0.25, 0.3) is 0 Å². The van der Waals surface area contributed by atoms with Crippen molar-refractivity contribution >= 4 is 23.8 Å². The fraction of sp³-hybridized carbons (Fsp3) is 0.600. The molecule has 0 aliphatic carbocycles. The van der Waals surface area contributed by atoms with E-state index in [0.29, 0.717) is 19.5 Å². The van der Waals surface area contributed by atoms with E-state index >= 15 is 0 Å². The molecule has 0 bridgehead atoms. The number of hydrogen-bond acceptors (Lipinski definition) is 5. The lowest BCUT2D eigenvalue weighted by Gasteiger charge is -2.25. The van der Waals surface area contributed by atoms with Crippen LogP contribution in [0.15, 0.2) is 12.2 Å². The lowest BCUT2D eigenvalue weighted by Crippen LogP contribution is -2.46. The van der Waals surface area contributed by atoms with Crippen molar-refractivity contribution in [1.29, 1.82) is 0 Å². The third kappa shape index (κ3) is 8.60. The largest absolute Gasteiger partial charge is 0.460 e. The summed E-state index contributed by atoms with van der Waals surface area (Å²) < 4.78 is 4.89. The van der Waals surface area contributed by atoms with Gasteiger partial charge in [-0.1, -0.05) is 6.58 Å². The van der Waals surface area contributed by atoms with Gasteiger partial charge < -0.3 is 15.0 Å². The highest BCUT2D eigenvalue weighted by Gasteiger charge is 2.21. The highest BCUT2D eigenvalue weighted by molar-refractivity contribution is 5.93. The van der Waals surface area contributed by atoms with Crippen LogP contribution in [-0.4, -0.2) is 66.9 Å². The first-order valence-corrected chi connectivity index (χ1v) is 7.27. The highest BCUT2D eigenvalue weighted by Crippen LogP contribution is 2.01. The molecule has 0 rings (SSSR count). The molecule has 1 N–H and O–H groups in total. The molecule has 0 aromatic rings. The summed E-state index contributed by atoms with van der Waals surface area (Å²) in [5.74, 6) is -1.14. The first kappa shape index (κ1) is 20.6. The number of amides is 4. The van der Waals surface area contributed by atoms with Crippen LogP contribution in [0.5, 0.6) is 0 Å². The number of esters is 1. The van der Waals surface area contributed by atoms with Gasteiger partial charge in [-0.05, 0) is 13.3 Å². The quantitative estimate of drug-likeness (QED) is 0.398. The molecule has 4 amide bonds. The third-order valence-corrected chi connectivity index (χ3v) is 2.88. The van der Waals surface area contributed by atoms with Gasteiger partial charge in [-0.25, -0.2) is 9.59 Å². The molecule has 0 atom stereocenters. The van der Waals surface area contributed by atoms with Crippen molar-refractivity contribution in [2.75, 3.05) is 33.3 Å². The monoisotopic (exact) mass is 327 g/mol. The van der Waals surface area contributed by atoms with Gasteiger partial charge in [-0.3, -0.25) is 14.5 Å². The zero-order valence-electron chi connectivity index (χ0n) is 14.2. The van der Waals surface area contributed by atoms with Gasteiger partial charge >= 0.3 is 12.0 Å². The lowest BCUT2D eigenvalue weighted by atomic mass is 10.3. The Morgan fingerprint density at radius 1 is 1.09 bits per heavy atom. The Hall–Kier alpha value is -2.38. The van der Waals surface area contributed by atoms with Crippen LogP contribution in [0.1, 0.15) is 27.2 Å². The average Bonchev–Trinajstić information content (AvgIpc) is 2.46. The zero-order chi connectivity index (χ0) is 18.0. The van der Waals surface area contributed by atoms with E-state index in [1.54, 1.807) is 7.05 Å². The van der Waals surface area contributed by atoms with E-state index in [1.165, 1.54) is 25.7 Å². The molecule has 130 valence electrons. The molecule has 0 aromatic heterocycles. The normalized spacial score (nSPS) is 9.74. The van der Waals surface area contributed by atoms with E-state index < -0.39 is 17.9 Å². The van der Waals surface area contributed by atoms with Gasteiger partial charge in [0.05, 0.1) is 6.54 Å². The SMILES string of the molecule is C=C(C)C(=O)OCCN(C(C)=O)C(=O)N(C)CCCNC(C)=O. The van der Waals surface area contributed by atoms with Crippen LogP contribution in [0.2, 0.25) is 0 Å². The van der Waals surface area contributed by atoms with Crippen molar-refractivity contribution in [2.45, 2.75) is 27.2 Å². The Morgan fingerprint density at radius 2 is 1.70 bits per heavy atom. The summed E-state index contributed by atoms with van der Waals surface area (Å²) >= 11 is 0. The van der Waals surface area contributed by atoms with Crippen molar-refractivity contribution in [3.63, 3.8) is 0 Å². The average molecular weight is 327 g/mol. The van der Waals surface area contributed by atoms with Crippen molar-refractivity contribution < 1.29 is 23.9 Å². The topological polar surface area (TPSA) is 96.0 Å². The smallest absolute Gasteiger partial charge is 0.333 e. The number of nitrogens with zero attached hydrogens (tertiary/aromatic N) is 2. The molecule has 0 radical (unpaired) electrons. The van der Waals surface area contributed by atoms with E-state index in [1.807, 2.05) is 0 Å². The number of carbonyl (C=O) groups excluding carboxylic acids is 4. The minimum atomic E-state index is -0.565. The second-order valence-electron chi connectivity index (χ2n) is 5.13. The molecule has 0 heterocycles. The van der Waals surface area contributed by atoms with Crippen molar-refractivity contribution in [2.24, 2.45) is 0 Å². The first-order valence-electron chi connectivity index (χ1n) is 7.27. The van der Waals surface area contributed by atoms with Crippen LogP contribution >= 0.6 is 0 Å². The van der Waals surface area contributed by atoms with E-state index in [9.17, 15) is 19.2 Å². The van der Waals surface area contributed by atoms with Gasteiger partial charge in [-0.15, -0.1) is 0 Å². The standard InChI is InChI=1S/C15H25N3O5/c1-11(2)14(21)23-10-9-18(13(4)20)15(22)17(5)8-6-7-16-12(3)19/h1,6-10H2,2-5H3,(H,16,19). The fourth-order valence-electron chi connectivity index (χ4n) is 1.62. The number of nitrogens with one attached hydrogen (secondary N) is 1. The Bertz CT molecular complexity index is 476. The minimum Gasteiger partial charge on any atom is -0.460 e. The molecule has 0 spiro atoms. The molecule has 0 saturated heterocycles. The molecule has 0 aliphatic heterocycles. The summed E-state index contributed by atoms with van der Waals surface area (Å²) in [5.41, 5.74) is 0.251. The van der Waals surface area contributed by atoms with Crippen LogP contribution in [0.3, 0.4) is 0 Å². The maximum Gasteiger partial charge on any atom is 0.333 e. The summed E-state index contributed by atoms with van der Waals surface area (Å²) in [4.78, 5) is 48.2. The summed E-state index contributed by atoms with van der Waals surface area (Å²) in [6.07, 6.45) is 0.568. The van der Waals surface area contributed by atoms with E-state index in [4.69, 9.17) is 4.74 Å². The Labute approximate surface area is 136 Å². The first-order chi connectivity index (χ1) is 10.7. The van der Waals surface area contributed by atoms with Crippen LogP contribution in [0.4, 0.5) is 4.79 Å². The van der Waals surface area contributed by atoms with Crippen LogP contribution < -0.4 is 5.32 Å². The number of rotatable bonds is 8. The van der Waals surface area contributed by atoms with E-state index in [0.717, 1.165) is 4.90 Å². The predicted octanol–water partition coefficient (Wildman–Crippen LogP) is 0.532. The minimum absolute atomic E-state index is 0.0246. The van der Waals surface area contributed by atoms with Crippen molar-refractivity contribution in [3.05, 3.63) is 12.2 Å². The summed E-state index contributed by atoms with van der Waals surface area (Å²) in [7, 11) is 1.56. The maximum absolute atomic E-state index is 12.2. The van der Waals surface area contributed by atoms with Gasteiger partial charge in [-0.2, -0.15) is 0 Å². The second-order valence-corrected chi connectivity index (χ2v) is 5.13. The lowest BCUT2D eigenvalue weighted by molar-refractivity contribution is -0.140. The zero-order valence-corrected chi connectivity index (χ0v) is 14.2. The maximum atomic E-state index is 12.2. The highest BCUT2D eigenvalue weighted by atomic mass is 16.5. The van der Waals surface area contributed by atoms with E-state index in [2.05, 4.69) is 11.9 Å². The molecule has 8 heteroatoms. The third-order valence-electron chi connectivity index (χ3n) is 2.88. The predicted molar refractivity (Wildman–Crippen MR) is 84.5 cm³/mol. The Balaban J connectivity index is 4.38. The second kappa shape index (κ2) is 10.4. The molecule has 0 aliphatic rings. The number of carbonyl (C=O) groups is 4. The summed E-state index contributed by atoms with van der Waals surface area (Å²) in [6, 6.07) is -0.480. The number of imide groups is 1. The molecule has 0 aromatic carbocycles. The molecule has 23 heavy (non-hydrogen) atoms. The van der Waals surface area contributed by atoms with Crippen LogP contribution in [-0.2, 0) is 19.1 Å². The fourth-order valence-corrected chi connectivity index (χ4v) is 1.62. The molecular weight excluding hydrogens is 302 g/mol. The molecule has 0 fully saturated rings. The Kier molecular flexibility index (Phi) is 9.29. The van der Waals surface area contributed by atoms with Gasteiger partial charge in [0, 0.05) is 39.6 Å². The number of hydrogen-bond donors (Lipinski definition) is 1. The summed E-state index contributed by atoms with van der Waals surface area (Å²) in [6.45, 7) is 8.36. The number of ether oxygens (including phenoxy) is 1. The summed E-state index contributed by atoms with van der Waals surface area (Å²) in [5, 5.41) is 2.63. The van der Waals surface area contributed by atoms with Crippen LogP contribution in [0.25, 0.3) is 0 Å². The number of urea groups is 1. The van der Waals surface area contributed by atoms with Gasteiger partial charge in [0.1, 0.15) is 6.61 Å². The molecule has 8 nitrogen and oxygen atoms in total. The molecular formula is C15H25N3O5. The van der Waals surface area contributed by atoms with Crippen molar-refractivity contribution in [3.8, 4) is 0 Å². The van der Waals surface area contributed by atoms with Crippen LogP contribution in [0, 0.1) is 0 Å². The molecule has 0 unspecified atom stereocenters. The van der Waals surface area contributed by atoms with E-state index in [-0.39, 0.29) is 24.6 Å². The molecule has 0 saturated carbocycles. The van der Waals surface area contributed by atoms with Gasteiger partial charge in [0.2, 0.25) is 11.8 Å². The van der Waals surface area contributed by atoms with Gasteiger partial charge in [0.15, 0.2) is 0 Å².